The first-order valence-electron chi connectivity index (χ1n) is 6.60. The van der Waals surface area contributed by atoms with Crippen LogP contribution in [0.1, 0.15) is 11.3 Å². The molecule has 0 aliphatic heterocycles. The molecule has 1 aromatic carbocycles. The van der Waals surface area contributed by atoms with Crippen molar-refractivity contribution in [2.75, 3.05) is 12.9 Å². The molecule has 0 bridgehead atoms. The van der Waals surface area contributed by atoms with Gasteiger partial charge in [0, 0.05) is 13.0 Å². The van der Waals surface area contributed by atoms with Gasteiger partial charge in [0.1, 0.15) is 9.37 Å². The second kappa shape index (κ2) is 7.61. The maximum Gasteiger partial charge on any atom is 0.340 e. The van der Waals surface area contributed by atoms with E-state index in [9.17, 15) is 8.42 Å². The Kier molecular flexibility index (Phi) is 6.01. The third-order valence-electron chi connectivity index (χ3n) is 2.90. The largest absolute Gasteiger partial charge is 0.396 e. The van der Waals surface area contributed by atoms with Gasteiger partial charge in [-0.1, -0.05) is 29.5 Å². The Morgan fingerprint density at radius 1 is 1.26 bits per heavy atom. The van der Waals surface area contributed by atoms with Crippen molar-refractivity contribution in [1.82, 2.24) is 9.97 Å². The minimum Gasteiger partial charge on any atom is -0.396 e. The Morgan fingerprint density at radius 3 is 2.48 bits per heavy atom. The molecule has 0 atom stereocenters. The van der Waals surface area contributed by atoms with E-state index < -0.39 is 10.1 Å². The first-order valence-corrected chi connectivity index (χ1v) is 10.0. The fraction of sp³-hybridized carbons (Fsp3) is 0.286. The Morgan fingerprint density at radius 2 is 1.91 bits per heavy atom. The minimum atomic E-state index is -4.00. The number of hydrogen-bond acceptors (Lipinski definition) is 7. The molecule has 0 aliphatic carbocycles. The first kappa shape index (κ1) is 18.2. The van der Waals surface area contributed by atoms with E-state index in [4.69, 9.17) is 9.29 Å². The van der Waals surface area contributed by atoms with Crippen molar-refractivity contribution in [3.63, 3.8) is 0 Å². The number of aromatic nitrogens is 2. The highest BCUT2D eigenvalue weighted by Gasteiger charge is 2.22. The molecule has 0 unspecified atom stereocenters. The maximum absolute atomic E-state index is 12.4. The lowest BCUT2D eigenvalue weighted by Gasteiger charge is -2.11. The van der Waals surface area contributed by atoms with Gasteiger partial charge in [-0.05, 0) is 41.2 Å². The van der Waals surface area contributed by atoms with E-state index in [0.717, 1.165) is 5.56 Å². The van der Waals surface area contributed by atoms with Gasteiger partial charge in [0.25, 0.3) is 5.88 Å². The standard InChI is InChI=1S/C14H15BrN2O4S2/c1-9-3-5-10(6-4-9)23(19,20)21-13-12(15)11(7-8-18)16-14(17-13)22-2/h3-6,18H,7-8H2,1-2H3. The van der Waals surface area contributed by atoms with Crippen LogP contribution in [-0.2, 0) is 16.5 Å². The van der Waals surface area contributed by atoms with Crippen LogP contribution in [0.3, 0.4) is 0 Å². The summed E-state index contributed by atoms with van der Waals surface area (Å²) in [5.41, 5.74) is 1.43. The average Bonchev–Trinajstić information content (AvgIpc) is 2.51. The average molecular weight is 419 g/mol. The van der Waals surface area contributed by atoms with Crippen molar-refractivity contribution >= 4 is 37.8 Å². The molecule has 124 valence electrons. The molecular weight excluding hydrogens is 404 g/mol. The van der Waals surface area contributed by atoms with Crippen LogP contribution < -0.4 is 4.18 Å². The summed E-state index contributed by atoms with van der Waals surface area (Å²) >= 11 is 4.50. The van der Waals surface area contributed by atoms with Crippen molar-refractivity contribution in [2.24, 2.45) is 0 Å². The molecule has 6 nitrogen and oxygen atoms in total. The fourth-order valence-electron chi connectivity index (χ4n) is 1.72. The molecule has 0 spiro atoms. The molecule has 1 N–H and O–H groups in total. The lowest BCUT2D eigenvalue weighted by atomic mass is 10.2. The van der Waals surface area contributed by atoms with Gasteiger partial charge in [-0.25, -0.2) is 4.98 Å². The number of aliphatic hydroxyl groups excluding tert-OH is 1. The summed E-state index contributed by atoms with van der Waals surface area (Å²) in [6, 6.07) is 6.33. The van der Waals surface area contributed by atoms with Crippen LogP contribution in [0.25, 0.3) is 0 Å². The van der Waals surface area contributed by atoms with Crippen molar-refractivity contribution in [2.45, 2.75) is 23.4 Å². The zero-order chi connectivity index (χ0) is 17.0. The van der Waals surface area contributed by atoms with Crippen LogP contribution in [0.15, 0.2) is 38.8 Å². The maximum atomic E-state index is 12.4. The van der Waals surface area contributed by atoms with Crippen LogP contribution in [0.2, 0.25) is 0 Å². The Bertz CT molecular complexity index is 795. The summed E-state index contributed by atoms with van der Waals surface area (Å²) in [5.74, 6) is -0.0895. The number of rotatable bonds is 6. The van der Waals surface area contributed by atoms with Crippen molar-refractivity contribution in [3.8, 4) is 5.88 Å². The molecule has 1 aromatic heterocycles. The molecule has 1 heterocycles. The first-order chi connectivity index (χ1) is 10.9. The lowest BCUT2D eigenvalue weighted by Crippen LogP contribution is -2.13. The summed E-state index contributed by atoms with van der Waals surface area (Å²) in [5, 5.41) is 9.45. The van der Waals surface area contributed by atoms with Gasteiger partial charge in [-0.2, -0.15) is 13.4 Å². The smallest absolute Gasteiger partial charge is 0.340 e. The van der Waals surface area contributed by atoms with Crippen LogP contribution in [0.4, 0.5) is 0 Å². The van der Waals surface area contributed by atoms with Gasteiger partial charge in [0.2, 0.25) is 0 Å². The Balaban J connectivity index is 2.42. The third kappa shape index (κ3) is 4.43. The van der Waals surface area contributed by atoms with Gasteiger partial charge in [-0.15, -0.1) is 0 Å². The van der Waals surface area contributed by atoms with Crippen LogP contribution in [0.5, 0.6) is 5.88 Å². The highest BCUT2D eigenvalue weighted by molar-refractivity contribution is 9.10. The number of nitrogens with zero attached hydrogens (tertiary/aromatic N) is 2. The number of thioether (sulfide) groups is 1. The number of aliphatic hydroxyl groups is 1. The molecule has 0 amide bonds. The van der Waals surface area contributed by atoms with Crippen LogP contribution >= 0.6 is 27.7 Å². The molecule has 0 saturated heterocycles. The molecule has 0 fully saturated rings. The fourth-order valence-corrected chi connectivity index (χ4v) is 3.56. The van der Waals surface area contributed by atoms with E-state index >= 15 is 0 Å². The number of hydrogen-bond donors (Lipinski definition) is 1. The SMILES string of the molecule is CSc1nc(CCO)c(Br)c(OS(=O)(=O)c2ccc(C)cc2)n1. The van der Waals surface area contributed by atoms with Crippen LogP contribution in [0, 0.1) is 6.92 Å². The van der Waals surface area contributed by atoms with Gasteiger partial charge < -0.3 is 9.29 Å². The molecule has 0 radical (unpaired) electrons. The van der Waals surface area contributed by atoms with Gasteiger partial charge in [0.05, 0.1) is 5.69 Å². The third-order valence-corrected chi connectivity index (χ3v) is 5.47. The number of halogens is 1. The van der Waals surface area contributed by atoms with E-state index in [1.54, 1.807) is 18.4 Å². The quantitative estimate of drug-likeness (QED) is 0.437. The van der Waals surface area contributed by atoms with Crippen molar-refractivity contribution in [1.29, 1.82) is 0 Å². The lowest BCUT2D eigenvalue weighted by molar-refractivity contribution is 0.297. The van der Waals surface area contributed by atoms with Crippen molar-refractivity contribution in [3.05, 3.63) is 40.0 Å². The highest BCUT2D eigenvalue weighted by Crippen LogP contribution is 2.30. The molecule has 0 saturated carbocycles. The molecule has 2 aromatic rings. The second-order valence-electron chi connectivity index (χ2n) is 4.60. The Labute approximate surface area is 147 Å². The molecular formula is C14H15BrN2O4S2. The van der Waals surface area contributed by atoms with Crippen molar-refractivity contribution < 1.29 is 17.7 Å². The predicted octanol–water partition coefficient (Wildman–Crippen LogP) is 2.57. The zero-order valence-electron chi connectivity index (χ0n) is 12.5. The summed E-state index contributed by atoms with van der Waals surface area (Å²) < 4.78 is 30.2. The van der Waals surface area contributed by atoms with E-state index in [1.165, 1.54) is 23.9 Å². The predicted molar refractivity (Wildman–Crippen MR) is 91.3 cm³/mol. The van der Waals surface area contributed by atoms with E-state index in [2.05, 4.69) is 25.9 Å². The van der Waals surface area contributed by atoms with Gasteiger partial charge >= 0.3 is 10.1 Å². The minimum absolute atomic E-state index is 0.0445. The second-order valence-corrected chi connectivity index (χ2v) is 7.71. The highest BCUT2D eigenvalue weighted by atomic mass is 79.9. The molecule has 2 rings (SSSR count). The summed E-state index contributed by atoms with van der Waals surface area (Å²) in [6.45, 7) is 1.75. The molecule has 23 heavy (non-hydrogen) atoms. The topological polar surface area (TPSA) is 89.4 Å². The Hall–Kier alpha value is -1.16. The van der Waals surface area contributed by atoms with Gasteiger partial charge in [-0.3, -0.25) is 0 Å². The molecule has 9 heteroatoms. The van der Waals surface area contributed by atoms with E-state index in [1.807, 2.05) is 6.92 Å². The van der Waals surface area contributed by atoms with E-state index in [0.29, 0.717) is 15.3 Å². The normalized spacial score (nSPS) is 11.5. The number of benzene rings is 1. The van der Waals surface area contributed by atoms with Crippen LogP contribution in [-0.4, -0.2) is 36.4 Å². The number of aryl methyl sites for hydroxylation is 1. The monoisotopic (exact) mass is 418 g/mol. The summed E-state index contributed by atoms with van der Waals surface area (Å²) in [4.78, 5) is 8.35. The summed E-state index contributed by atoms with van der Waals surface area (Å²) in [7, 11) is -4.00. The zero-order valence-corrected chi connectivity index (χ0v) is 15.7. The van der Waals surface area contributed by atoms with Gasteiger partial charge in [0.15, 0.2) is 5.16 Å². The summed E-state index contributed by atoms with van der Waals surface area (Å²) in [6.07, 6.45) is 2.03. The molecule has 0 aliphatic rings. The van der Waals surface area contributed by atoms with E-state index in [-0.39, 0.29) is 23.8 Å².